The maximum Gasteiger partial charge on any atom is 0.344 e. The zero-order chi connectivity index (χ0) is 16.8. The van der Waals surface area contributed by atoms with Crippen molar-refractivity contribution in [3.8, 4) is 16.9 Å². The third-order valence-electron chi connectivity index (χ3n) is 3.30. The van der Waals surface area contributed by atoms with Crippen LogP contribution in [0.1, 0.15) is 6.42 Å². The number of benzene rings is 2. The minimum atomic E-state index is -1.32. The fourth-order valence-corrected chi connectivity index (χ4v) is 2.05. The van der Waals surface area contributed by atoms with Crippen molar-refractivity contribution in [2.45, 2.75) is 18.6 Å². The standard InChI is InChI=1S/C17H17NO5/c18-14(16(19)20)10-15(17(21)22)23-13-8-6-12(7-9-13)11-4-2-1-3-5-11/h1-9,14-15H,10,18H2,(H,19,20)(H,21,22)/t14-,15+/m1/s1. The Bertz CT molecular complexity index is 669. The highest BCUT2D eigenvalue weighted by atomic mass is 16.5. The summed E-state index contributed by atoms with van der Waals surface area (Å²) in [6.07, 6.45) is -1.63. The fourth-order valence-electron chi connectivity index (χ4n) is 2.05. The molecule has 0 spiro atoms. The van der Waals surface area contributed by atoms with Crippen LogP contribution in [-0.2, 0) is 9.59 Å². The van der Waals surface area contributed by atoms with Gasteiger partial charge in [-0.25, -0.2) is 4.79 Å². The summed E-state index contributed by atoms with van der Waals surface area (Å²) in [7, 11) is 0. The molecule has 23 heavy (non-hydrogen) atoms. The zero-order valence-corrected chi connectivity index (χ0v) is 12.3. The molecule has 0 aliphatic rings. The van der Waals surface area contributed by atoms with Gasteiger partial charge in [-0.05, 0) is 23.3 Å². The average molecular weight is 315 g/mol. The quantitative estimate of drug-likeness (QED) is 0.720. The van der Waals surface area contributed by atoms with E-state index in [0.717, 1.165) is 11.1 Å². The van der Waals surface area contributed by atoms with Gasteiger partial charge >= 0.3 is 11.9 Å². The lowest BCUT2D eigenvalue weighted by molar-refractivity contribution is -0.146. The van der Waals surface area contributed by atoms with E-state index in [4.69, 9.17) is 20.7 Å². The summed E-state index contributed by atoms with van der Waals surface area (Å²) in [5.41, 5.74) is 7.36. The van der Waals surface area contributed by atoms with Crippen molar-refractivity contribution in [2.24, 2.45) is 5.73 Å². The molecule has 0 aromatic heterocycles. The molecule has 0 saturated heterocycles. The minimum Gasteiger partial charge on any atom is -0.480 e. The molecular weight excluding hydrogens is 298 g/mol. The summed E-state index contributed by atoms with van der Waals surface area (Å²) >= 11 is 0. The van der Waals surface area contributed by atoms with Gasteiger partial charge in [0.25, 0.3) is 0 Å². The van der Waals surface area contributed by atoms with E-state index in [1.165, 1.54) is 0 Å². The molecule has 0 fully saturated rings. The minimum absolute atomic E-state index is 0.314. The number of aliphatic carboxylic acids is 2. The number of hydrogen-bond acceptors (Lipinski definition) is 4. The normalized spacial score (nSPS) is 13.1. The molecule has 2 atom stereocenters. The van der Waals surface area contributed by atoms with Gasteiger partial charge in [0, 0.05) is 6.42 Å². The fraction of sp³-hybridized carbons (Fsp3) is 0.176. The third kappa shape index (κ3) is 4.55. The lowest BCUT2D eigenvalue weighted by Crippen LogP contribution is -2.39. The smallest absolute Gasteiger partial charge is 0.344 e. The second kappa shape index (κ2) is 7.42. The van der Waals surface area contributed by atoms with Crippen LogP contribution in [0, 0.1) is 0 Å². The van der Waals surface area contributed by atoms with E-state index in [2.05, 4.69) is 0 Å². The molecule has 0 bridgehead atoms. The van der Waals surface area contributed by atoms with Gasteiger partial charge in [-0.15, -0.1) is 0 Å². The maximum absolute atomic E-state index is 11.2. The molecule has 0 aliphatic carbocycles. The Balaban J connectivity index is 2.09. The summed E-state index contributed by atoms with van der Waals surface area (Å²) in [6, 6.07) is 15.3. The lowest BCUT2D eigenvalue weighted by atomic mass is 10.1. The van der Waals surface area contributed by atoms with E-state index in [0.29, 0.717) is 5.75 Å². The predicted molar refractivity (Wildman–Crippen MR) is 84.2 cm³/mol. The molecule has 6 nitrogen and oxygen atoms in total. The van der Waals surface area contributed by atoms with Crippen LogP contribution in [-0.4, -0.2) is 34.3 Å². The number of carboxylic acid groups (broad SMARTS) is 2. The topological polar surface area (TPSA) is 110 Å². The second-order valence-electron chi connectivity index (χ2n) is 5.02. The summed E-state index contributed by atoms with van der Waals surface area (Å²) < 4.78 is 5.34. The number of hydrogen-bond donors (Lipinski definition) is 3. The number of carboxylic acids is 2. The number of carbonyl (C=O) groups is 2. The molecule has 4 N–H and O–H groups in total. The van der Waals surface area contributed by atoms with Crippen molar-refractivity contribution in [1.29, 1.82) is 0 Å². The van der Waals surface area contributed by atoms with E-state index in [-0.39, 0.29) is 6.42 Å². The predicted octanol–water partition coefficient (Wildman–Crippen LogP) is 1.99. The van der Waals surface area contributed by atoms with Crippen molar-refractivity contribution in [1.82, 2.24) is 0 Å². The number of ether oxygens (including phenoxy) is 1. The van der Waals surface area contributed by atoms with Crippen LogP contribution in [0.5, 0.6) is 5.75 Å². The first-order chi connectivity index (χ1) is 11.0. The maximum atomic E-state index is 11.2. The van der Waals surface area contributed by atoms with Crippen LogP contribution in [0.3, 0.4) is 0 Å². The Kier molecular flexibility index (Phi) is 5.32. The van der Waals surface area contributed by atoms with Crippen LogP contribution in [0.2, 0.25) is 0 Å². The highest BCUT2D eigenvalue weighted by molar-refractivity contribution is 5.77. The van der Waals surface area contributed by atoms with Gasteiger partial charge in [-0.3, -0.25) is 4.79 Å². The molecule has 0 radical (unpaired) electrons. The molecule has 0 heterocycles. The van der Waals surface area contributed by atoms with E-state index >= 15 is 0 Å². The molecule has 120 valence electrons. The van der Waals surface area contributed by atoms with Crippen molar-refractivity contribution < 1.29 is 24.5 Å². The first kappa shape index (κ1) is 16.5. The van der Waals surface area contributed by atoms with Crippen LogP contribution >= 0.6 is 0 Å². The van der Waals surface area contributed by atoms with Gasteiger partial charge in [0.15, 0.2) is 6.10 Å². The molecule has 2 aromatic rings. The zero-order valence-electron chi connectivity index (χ0n) is 12.3. The summed E-state index contributed by atoms with van der Waals surface area (Å²) in [5.74, 6) is -2.18. The Labute approximate surface area is 133 Å². The van der Waals surface area contributed by atoms with Crippen LogP contribution < -0.4 is 10.5 Å². The Morgan fingerprint density at radius 3 is 2.00 bits per heavy atom. The summed E-state index contributed by atoms with van der Waals surface area (Å²) in [5, 5.41) is 17.9. The first-order valence-electron chi connectivity index (χ1n) is 7.00. The van der Waals surface area contributed by atoms with Crippen LogP contribution in [0.25, 0.3) is 11.1 Å². The first-order valence-corrected chi connectivity index (χ1v) is 7.00. The Hall–Kier alpha value is -2.86. The molecule has 2 aromatic carbocycles. The Morgan fingerprint density at radius 1 is 0.913 bits per heavy atom. The lowest BCUT2D eigenvalue weighted by Gasteiger charge is -2.17. The van der Waals surface area contributed by atoms with Gasteiger partial charge in [0.05, 0.1) is 0 Å². The molecule has 0 aliphatic heterocycles. The van der Waals surface area contributed by atoms with Gasteiger partial charge in [-0.2, -0.15) is 0 Å². The van der Waals surface area contributed by atoms with E-state index < -0.39 is 24.1 Å². The van der Waals surface area contributed by atoms with Crippen molar-refractivity contribution in [3.05, 3.63) is 54.6 Å². The third-order valence-corrected chi connectivity index (χ3v) is 3.30. The van der Waals surface area contributed by atoms with Crippen LogP contribution in [0.4, 0.5) is 0 Å². The largest absolute Gasteiger partial charge is 0.480 e. The average Bonchev–Trinajstić information content (AvgIpc) is 2.55. The van der Waals surface area contributed by atoms with E-state index in [1.54, 1.807) is 24.3 Å². The number of nitrogens with two attached hydrogens (primary N) is 1. The van der Waals surface area contributed by atoms with Gasteiger partial charge in [0.2, 0.25) is 0 Å². The molecule has 2 rings (SSSR count). The summed E-state index contributed by atoms with van der Waals surface area (Å²) in [4.78, 5) is 21.9. The van der Waals surface area contributed by atoms with Crippen molar-refractivity contribution in [3.63, 3.8) is 0 Å². The van der Waals surface area contributed by atoms with E-state index in [1.807, 2.05) is 30.3 Å². The summed E-state index contributed by atoms with van der Waals surface area (Å²) in [6.45, 7) is 0. The Morgan fingerprint density at radius 2 is 1.48 bits per heavy atom. The molecular formula is C17H17NO5. The molecule has 0 saturated carbocycles. The van der Waals surface area contributed by atoms with Crippen molar-refractivity contribution >= 4 is 11.9 Å². The molecule has 0 unspecified atom stereocenters. The monoisotopic (exact) mass is 315 g/mol. The van der Waals surface area contributed by atoms with Crippen LogP contribution in [0.15, 0.2) is 54.6 Å². The second-order valence-corrected chi connectivity index (χ2v) is 5.02. The number of rotatable bonds is 7. The van der Waals surface area contributed by atoms with Gasteiger partial charge in [-0.1, -0.05) is 42.5 Å². The highest BCUT2D eigenvalue weighted by Crippen LogP contribution is 2.23. The SMILES string of the molecule is N[C@H](C[C@H](Oc1ccc(-c2ccccc2)cc1)C(=O)O)C(=O)O. The molecule has 6 heteroatoms. The van der Waals surface area contributed by atoms with Gasteiger partial charge in [0.1, 0.15) is 11.8 Å². The van der Waals surface area contributed by atoms with Gasteiger partial charge < -0.3 is 20.7 Å². The van der Waals surface area contributed by atoms with Crippen molar-refractivity contribution in [2.75, 3.05) is 0 Å². The molecule has 0 amide bonds. The van der Waals surface area contributed by atoms with E-state index in [9.17, 15) is 9.59 Å². The highest BCUT2D eigenvalue weighted by Gasteiger charge is 2.26.